The molecule has 0 radical (unpaired) electrons. The van der Waals surface area contributed by atoms with Gasteiger partial charge in [0.1, 0.15) is 5.75 Å². The Morgan fingerprint density at radius 1 is 1.06 bits per heavy atom. The van der Waals surface area contributed by atoms with Gasteiger partial charge in [-0.05, 0) is 24.6 Å². The average molecular weight is 246 g/mol. The molecule has 0 bridgehead atoms. The maximum atomic E-state index is 9.39. The van der Waals surface area contributed by atoms with Gasteiger partial charge in [-0.15, -0.1) is 0 Å². The first kappa shape index (κ1) is 12.1. The van der Waals surface area contributed by atoms with Gasteiger partial charge in [-0.2, -0.15) is 0 Å². The summed E-state index contributed by atoms with van der Waals surface area (Å²) in [6.07, 6.45) is 0. The molecular formula is C14H15O2P. The molecule has 0 aliphatic rings. The molecule has 17 heavy (non-hydrogen) atoms. The highest BCUT2D eigenvalue weighted by Gasteiger charge is 2.08. The molecule has 0 aliphatic heterocycles. The van der Waals surface area contributed by atoms with E-state index in [1.807, 2.05) is 49.4 Å². The van der Waals surface area contributed by atoms with Crippen LogP contribution in [0.3, 0.4) is 0 Å². The highest BCUT2D eigenvalue weighted by atomic mass is 31.2. The van der Waals surface area contributed by atoms with Gasteiger partial charge >= 0.3 is 0 Å². The maximum absolute atomic E-state index is 9.39. The lowest BCUT2D eigenvalue weighted by Gasteiger charge is -2.13. The fraction of sp³-hybridized carbons (Fsp3) is 0.143. The van der Waals surface area contributed by atoms with Crippen molar-refractivity contribution in [2.45, 2.75) is 6.92 Å². The smallest absolute Gasteiger partial charge is 0.224 e. The second-order valence-corrected chi connectivity index (χ2v) is 5.03. The third-order valence-electron chi connectivity index (χ3n) is 2.45. The van der Waals surface area contributed by atoms with Crippen LogP contribution >= 0.6 is 8.38 Å². The van der Waals surface area contributed by atoms with E-state index in [-0.39, 0.29) is 0 Å². The molecule has 0 amide bonds. The Morgan fingerprint density at radius 3 is 2.41 bits per heavy atom. The lowest BCUT2D eigenvalue weighted by Crippen LogP contribution is -1.89. The molecule has 0 aromatic heterocycles. The van der Waals surface area contributed by atoms with Crippen LogP contribution in [0.5, 0.6) is 5.75 Å². The lowest BCUT2D eigenvalue weighted by atomic mass is 10.0. The second-order valence-electron chi connectivity index (χ2n) is 3.92. The summed E-state index contributed by atoms with van der Waals surface area (Å²) in [5.41, 5.74) is 3.30. The molecule has 2 aromatic carbocycles. The summed E-state index contributed by atoms with van der Waals surface area (Å²) in [6.45, 7) is 3.72. The Hall–Kier alpha value is -1.37. The highest BCUT2D eigenvalue weighted by Crippen LogP contribution is 2.37. The molecule has 1 N–H and O–H groups in total. The van der Waals surface area contributed by atoms with Gasteiger partial charge < -0.3 is 9.42 Å². The van der Waals surface area contributed by atoms with E-state index < -0.39 is 8.38 Å². The second kappa shape index (κ2) is 5.31. The van der Waals surface area contributed by atoms with Gasteiger partial charge in [-0.25, -0.2) is 0 Å². The van der Waals surface area contributed by atoms with Crippen molar-refractivity contribution in [2.24, 2.45) is 0 Å². The highest BCUT2D eigenvalue weighted by molar-refractivity contribution is 7.45. The van der Waals surface area contributed by atoms with Crippen molar-refractivity contribution in [3.63, 3.8) is 0 Å². The SMILES string of the molecule is Cc1ccc(OP(C)O)c(-c2ccccc2)c1. The molecule has 88 valence electrons. The molecule has 1 unspecified atom stereocenters. The van der Waals surface area contributed by atoms with Gasteiger partial charge in [0, 0.05) is 12.2 Å². The first-order valence-corrected chi connectivity index (χ1v) is 7.09. The fourth-order valence-corrected chi connectivity index (χ4v) is 2.15. The summed E-state index contributed by atoms with van der Waals surface area (Å²) in [5, 5.41) is 0. The number of hydrogen-bond donors (Lipinski definition) is 1. The van der Waals surface area contributed by atoms with Crippen molar-refractivity contribution >= 4 is 8.38 Å². The van der Waals surface area contributed by atoms with E-state index in [9.17, 15) is 4.89 Å². The molecule has 3 heteroatoms. The largest absolute Gasteiger partial charge is 0.447 e. The third-order valence-corrected chi connectivity index (χ3v) is 2.91. The standard InChI is InChI=1S/C14H15O2P/c1-11-8-9-14(16-17(2)15)13(10-11)12-6-4-3-5-7-12/h3-10,15H,1-2H3. The first-order valence-electron chi connectivity index (χ1n) is 5.43. The summed E-state index contributed by atoms with van der Waals surface area (Å²) >= 11 is 0. The van der Waals surface area contributed by atoms with Crippen LogP contribution in [-0.2, 0) is 0 Å². The Morgan fingerprint density at radius 2 is 1.76 bits per heavy atom. The zero-order chi connectivity index (χ0) is 12.3. The lowest BCUT2D eigenvalue weighted by molar-refractivity contribution is 0.495. The molecule has 0 aliphatic carbocycles. The summed E-state index contributed by atoms with van der Waals surface area (Å²) in [4.78, 5) is 9.39. The molecule has 2 rings (SSSR count). The van der Waals surface area contributed by atoms with Crippen LogP contribution < -0.4 is 4.52 Å². The summed E-state index contributed by atoms with van der Waals surface area (Å²) < 4.78 is 5.48. The zero-order valence-corrected chi connectivity index (χ0v) is 10.8. The van der Waals surface area contributed by atoms with Crippen molar-refractivity contribution in [3.05, 3.63) is 54.1 Å². The number of aryl methyl sites for hydroxylation is 1. The first-order chi connectivity index (χ1) is 8.16. The van der Waals surface area contributed by atoms with Crippen molar-refractivity contribution in [3.8, 4) is 16.9 Å². The number of benzene rings is 2. The molecule has 2 nitrogen and oxygen atoms in total. The van der Waals surface area contributed by atoms with E-state index in [1.54, 1.807) is 6.66 Å². The Balaban J connectivity index is 2.47. The third kappa shape index (κ3) is 3.06. The predicted octanol–water partition coefficient (Wildman–Crippen LogP) is 3.97. The van der Waals surface area contributed by atoms with E-state index in [0.29, 0.717) is 0 Å². The summed E-state index contributed by atoms with van der Waals surface area (Å²) in [7, 11) is -1.39. The van der Waals surface area contributed by atoms with Crippen LogP contribution in [-0.4, -0.2) is 11.6 Å². The van der Waals surface area contributed by atoms with Gasteiger partial charge in [0.2, 0.25) is 8.38 Å². The number of rotatable bonds is 3. The Bertz CT molecular complexity index is 495. The van der Waals surface area contributed by atoms with Gasteiger partial charge in [0.25, 0.3) is 0 Å². The van der Waals surface area contributed by atoms with Crippen LogP contribution in [0.2, 0.25) is 0 Å². The van der Waals surface area contributed by atoms with Crippen molar-refractivity contribution in [1.82, 2.24) is 0 Å². The molecule has 1 atom stereocenters. The molecule has 0 spiro atoms. The van der Waals surface area contributed by atoms with Crippen molar-refractivity contribution in [2.75, 3.05) is 6.66 Å². The van der Waals surface area contributed by atoms with Crippen molar-refractivity contribution < 1.29 is 9.42 Å². The van der Waals surface area contributed by atoms with Gasteiger partial charge in [-0.1, -0.05) is 42.0 Å². The molecule has 0 fully saturated rings. The van der Waals surface area contributed by atoms with Crippen LogP contribution in [0, 0.1) is 6.92 Å². The van der Waals surface area contributed by atoms with Crippen LogP contribution in [0.15, 0.2) is 48.5 Å². The fourth-order valence-electron chi connectivity index (χ4n) is 1.71. The van der Waals surface area contributed by atoms with E-state index in [2.05, 4.69) is 6.07 Å². The molecule has 2 aromatic rings. The number of hydrogen-bond acceptors (Lipinski definition) is 2. The van der Waals surface area contributed by atoms with Gasteiger partial charge in [-0.3, -0.25) is 0 Å². The molecule has 0 saturated carbocycles. The summed E-state index contributed by atoms with van der Waals surface area (Å²) in [5.74, 6) is 0.734. The zero-order valence-electron chi connectivity index (χ0n) is 9.92. The van der Waals surface area contributed by atoms with Gasteiger partial charge in [0.05, 0.1) is 0 Å². The Kier molecular flexibility index (Phi) is 3.78. The molecular weight excluding hydrogens is 231 g/mol. The normalized spacial score (nSPS) is 12.2. The van der Waals surface area contributed by atoms with Crippen molar-refractivity contribution in [1.29, 1.82) is 0 Å². The predicted molar refractivity (Wildman–Crippen MR) is 72.3 cm³/mol. The summed E-state index contributed by atoms with van der Waals surface area (Å²) in [6, 6.07) is 16.0. The quantitative estimate of drug-likeness (QED) is 0.830. The van der Waals surface area contributed by atoms with E-state index in [4.69, 9.17) is 4.52 Å². The molecule has 0 saturated heterocycles. The van der Waals surface area contributed by atoms with E-state index >= 15 is 0 Å². The van der Waals surface area contributed by atoms with Crippen LogP contribution in [0.1, 0.15) is 5.56 Å². The topological polar surface area (TPSA) is 29.5 Å². The van der Waals surface area contributed by atoms with Gasteiger partial charge in [0.15, 0.2) is 0 Å². The molecule has 0 heterocycles. The van der Waals surface area contributed by atoms with Crippen LogP contribution in [0.4, 0.5) is 0 Å². The Labute approximate surface area is 103 Å². The minimum atomic E-state index is -1.39. The van der Waals surface area contributed by atoms with Crippen LogP contribution in [0.25, 0.3) is 11.1 Å². The monoisotopic (exact) mass is 246 g/mol. The van der Waals surface area contributed by atoms with E-state index in [0.717, 1.165) is 16.9 Å². The minimum absolute atomic E-state index is 0.734. The minimum Gasteiger partial charge on any atom is -0.447 e. The average Bonchev–Trinajstić information content (AvgIpc) is 2.32. The maximum Gasteiger partial charge on any atom is 0.224 e. The van der Waals surface area contributed by atoms with E-state index in [1.165, 1.54) is 5.56 Å².